The molecular weight excluding hydrogens is 314 g/mol. The molecule has 0 unspecified atom stereocenters. The molecule has 1 N–H and O–H groups in total. The van der Waals surface area contributed by atoms with Crippen molar-refractivity contribution in [3.05, 3.63) is 43.5 Å². The summed E-state index contributed by atoms with van der Waals surface area (Å²) >= 11 is 5.04. The van der Waals surface area contributed by atoms with E-state index < -0.39 is 0 Å². The summed E-state index contributed by atoms with van der Waals surface area (Å²) in [5, 5.41) is 5.10. The first-order valence-corrected chi connectivity index (χ1v) is 7.29. The van der Waals surface area contributed by atoms with Crippen molar-refractivity contribution in [3.63, 3.8) is 0 Å². The molecule has 0 spiro atoms. The fraction of sp³-hybridized carbons (Fsp3) is 0.333. The molecule has 2 aromatic heterocycles. The Morgan fingerprint density at radius 3 is 2.94 bits per heavy atom. The molecule has 0 aliphatic rings. The fourth-order valence-corrected chi connectivity index (χ4v) is 2.96. The second-order valence-corrected chi connectivity index (χ2v) is 6.08. The number of hydrogen-bond donors (Lipinski definition) is 1. The van der Waals surface area contributed by atoms with Crippen LogP contribution in [0.1, 0.15) is 24.8 Å². The van der Waals surface area contributed by atoms with Gasteiger partial charge in [-0.3, -0.25) is 4.79 Å². The number of rotatable bonds is 4. The van der Waals surface area contributed by atoms with E-state index in [4.69, 9.17) is 0 Å². The van der Waals surface area contributed by atoms with E-state index in [2.05, 4.69) is 26.2 Å². The highest BCUT2D eigenvalue weighted by molar-refractivity contribution is 9.10. The maximum absolute atomic E-state index is 12.1. The Labute approximate surface area is 118 Å². The minimum absolute atomic E-state index is 0.0804. The molecule has 2 rings (SSSR count). The Balaban J connectivity index is 2.15. The van der Waals surface area contributed by atoms with Crippen LogP contribution < -0.4 is 10.9 Å². The highest BCUT2D eigenvalue weighted by Crippen LogP contribution is 2.20. The number of halogens is 1. The van der Waals surface area contributed by atoms with Crippen LogP contribution in [-0.4, -0.2) is 9.55 Å². The fourth-order valence-electron chi connectivity index (χ4n) is 1.57. The van der Waals surface area contributed by atoms with Gasteiger partial charge >= 0.3 is 0 Å². The van der Waals surface area contributed by atoms with Crippen molar-refractivity contribution < 1.29 is 0 Å². The zero-order chi connectivity index (χ0) is 13.1. The van der Waals surface area contributed by atoms with Crippen molar-refractivity contribution in [3.8, 4) is 0 Å². The highest BCUT2D eigenvalue weighted by Gasteiger charge is 2.07. The molecule has 0 aliphatic heterocycles. The number of hydrogen-bond acceptors (Lipinski definition) is 4. The van der Waals surface area contributed by atoms with Gasteiger partial charge < -0.3 is 9.88 Å². The Kier molecular flexibility index (Phi) is 4.19. The maximum atomic E-state index is 12.1. The molecule has 0 saturated heterocycles. The average Bonchev–Trinajstić information content (AvgIpc) is 2.73. The molecular formula is C12H14BrN3OS. The zero-order valence-electron chi connectivity index (χ0n) is 10.2. The molecule has 0 fully saturated rings. The molecule has 0 radical (unpaired) electrons. The maximum Gasteiger partial charge on any atom is 0.293 e. The predicted molar refractivity (Wildman–Crippen MR) is 78.2 cm³/mol. The molecule has 96 valence electrons. The van der Waals surface area contributed by atoms with Crippen LogP contribution in [-0.2, 0) is 6.54 Å². The van der Waals surface area contributed by atoms with E-state index in [1.165, 1.54) is 0 Å². The largest absolute Gasteiger partial charge is 0.361 e. The third-order valence-corrected chi connectivity index (χ3v) is 4.17. The molecule has 0 atom stereocenters. The number of thiophene rings is 1. The molecule has 0 amide bonds. The van der Waals surface area contributed by atoms with Gasteiger partial charge in [0.2, 0.25) is 0 Å². The van der Waals surface area contributed by atoms with Gasteiger partial charge in [0.25, 0.3) is 5.56 Å². The van der Waals surface area contributed by atoms with E-state index >= 15 is 0 Å². The van der Waals surface area contributed by atoms with Crippen molar-refractivity contribution in [1.29, 1.82) is 0 Å². The molecule has 0 saturated carbocycles. The standard InChI is InChI=1S/C12H14BrN3OS/c1-8(2)16-4-3-14-11(12(16)17)15-6-10-5-9(13)7-18-10/h3-5,7-8H,6H2,1-2H3,(H,14,15). The van der Waals surface area contributed by atoms with Crippen LogP contribution in [0.25, 0.3) is 0 Å². The van der Waals surface area contributed by atoms with Crippen LogP contribution in [0.15, 0.2) is 33.1 Å². The summed E-state index contributed by atoms with van der Waals surface area (Å²) in [6, 6.07) is 2.17. The predicted octanol–water partition coefficient (Wildman–Crippen LogP) is 3.26. The second-order valence-electron chi connectivity index (χ2n) is 4.17. The number of nitrogens with one attached hydrogen (secondary N) is 1. The Morgan fingerprint density at radius 1 is 1.56 bits per heavy atom. The number of anilines is 1. The lowest BCUT2D eigenvalue weighted by atomic mass is 10.4. The summed E-state index contributed by atoms with van der Waals surface area (Å²) in [5.41, 5.74) is -0.0804. The van der Waals surface area contributed by atoms with Gasteiger partial charge in [-0.25, -0.2) is 4.98 Å². The van der Waals surface area contributed by atoms with Crippen molar-refractivity contribution in [1.82, 2.24) is 9.55 Å². The van der Waals surface area contributed by atoms with Gasteiger partial charge in [0.1, 0.15) is 0 Å². The molecule has 4 nitrogen and oxygen atoms in total. The summed E-state index contributed by atoms with van der Waals surface area (Å²) < 4.78 is 2.73. The van der Waals surface area contributed by atoms with Gasteiger partial charge in [0.15, 0.2) is 5.82 Å². The van der Waals surface area contributed by atoms with Gasteiger partial charge in [-0.2, -0.15) is 0 Å². The van der Waals surface area contributed by atoms with Gasteiger partial charge in [-0.1, -0.05) is 0 Å². The molecule has 0 bridgehead atoms. The number of aromatic nitrogens is 2. The van der Waals surface area contributed by atoms with E-state index in [0.29, 0.717) is 12.4 Å². The molecule has 2 aromatic rings. The lowest BCUT2D eigenvalue weighted by Gasteiger charge is -2.11. The quantitative estimate of drug-likeness (QED) is 0.937. The van der Waals surface area contributed by atoms with E-state index in [0.717, 1.165) is 9.35 Å². The SMILES string of the molecule is CC(C)n1ccnc(NCc2cc(Br)cs2)c1=O. The summed E-state index contributed by atoms with van der Waals surface area (Å²) in [6.45, 7) is 4.56. The van der Waals surface area contributed by atoms with Crippen molar-refractivity contribution in [2.24, 2.45) is 0 Å². The summed E-state index contributed by atoms with van der Waals surface area (Å²) in [4.78, 5) is 17.3. The molecule has 2 heterocycles. The van der Waals surface area contributed by atoms with Crippen molar-refractivity contribution >= 4 is 33.1 Å². The van der Waals surface area contributed by atoms with Gasteiger partial charge in [0, 0.05) is 33.2 Å². The Bertz CT molecular complexity index is 591. The van der Waals surface area contributed by atoms with Crippen LogP contribution in [0.5, 0.6) is 0 Å². The molecule has 6 heteroatoms. The minimum Gasteiger partial charge on any atom is -0.361 e. The van der Waals surface area contributed by atoms with E-state index in [-0.39, 0.29) is 11.6 Å². The minimum atomic E-state index is -0.0804. The zero-order valence-corrected chi connectivity index (χ0v) is 12.6. The molecule has 0 aromatic carbocycles. The summed E-state index contributed by atoms with van der Waals surface area (Å²) in [5.74, 6) is 0.399. The smallest absolute Gasteiger partial charge is 0.293 e. The number of nitrogens with zero attached hydrogens (tertiary/aromatic N) is 2. The Hall–Kier alpha value is -1.14. The van der Waals surface area contributed by atoms with Gasteiger partial charge in [0.05, 0.1) is 6.54 Å². The first-order chi connectivity index (χ1) is 8.58. The lowest BCUT2D eigenvalue weighted by Crippen LogP contribution is -2.25. The molecule has 18 heavy (non-hydrogen) atoms. The topological polar surface area (TPSA) is 46.9 Å². The lowest BCUT2D eigenvalue weighted by molar-refractivity contribution is 0.575. The monoisotopic (exact) mass is 327 g/mol. The van der Waals surface area contributed by atoms with E-state index in [1.54, 1.807) is 28.3 Å². The average molecular weight is 328 g/mol. The van der Waals surface area contributed by atoms with E-state index in [1.807, 2.05) is 25.3 Å². The van der Waals surface area contributed by atoms with Crippen LogP contribution >= 0.6 is 27.3 Å². The summed E-state index contributed by atoms with van der Waals surface area (Å²) in [6.07, 6.45) is 3.36. The highest BCUT2D eigenvalue weighted by atomic mass is 79.9. The van der Waals surface area contributed by atoms with Crippen molar-refractivity contribution in [2.45, 2.75) is 26.4 Å². The van der Waals surface area contributed by atoms with Gasteiger partial charge in [-0.15, -0.1) is 11.3 Å². The summed E-state index contributed by atoms with van der Waals surface area (Å²) in [7, 11) is 0. The normalized spacial score (nSPS) is 10.9. The van der Waals surface area contributed by atoms with Crippen LogP contribution in [0.4, 0.5) is 5.82 Å². The van der Waals surface area contributed by atoms with Crippen LogP contribution in [0.2, 0.25) is 0 Å². The Morgan fingerprint density at radius 2 is 2.33 bits per heavy atom. The van der Waals surface area contributed by atoms with E-state index in [9.17, 15) is 4.79 Å². The van der Waals surface area contributed by atoms with Crippen LogP contribution in [0.3, 0.4) is 0 Å². The van der Waals surface area contributed by atoms with Gasteiger partial charge in [-0.05, 0) is 35.8 Å². The molecule has 0 aliphatic carbocycles. The first-order valence-electron chi connectivity index (χ1n) is 5.62. The first kappa shape index (κ1) is 13.3. The third-order valence-electron chi connectivity index (χ3n) is 2.48. The third kappa shape index (κ3) is 3.00. The van der Waals surface area contributed by atoms with Crippen LogP contribution in [0, 0.1) is 0 Å². The van der Waals surface area contributed by atoms with Crippen molar-refractivity contribution in [2.75, 3.05) is 5.32 Å². The second kappa shape index (κ2) is 5.67.